The summed E-state index contributed by atoms with van der Waals surface area (Å²) >= 11 is 9.45. The number of nitrogens with zero attached hydrogens (tertiary/aromatic N) is 1. The van der Waals surface area contributed by atoms with Crippen LogP contribution in [0.1, 0.15) is 18.4 Å². The van der Waals surface area contributed by atoms with Gasteiger partial charge in [-0.3, -0.25) is 14.5 Å². The second kappa shape index (κ2) is 7.33. The van der Waals surface area contributed by atoms with Gasteiger partial charge in [0.15, 0.2) is 11.5 Å². The Bertz CT molecular complexity index is 719. The quantitative estimate of drug-likeness (QED) is 0.384. The first-order valence-electron chi connectivity index (χ1n) is 6.49. The van der Waals surface area contributed by atoms with Crippen LogP contribution >= 0.6 is 39.9 Å². The highest BCUT2D eigenvalue weighted by Gasteiger charge is 2.32. The molecule has 1 aromatic carbocycles. The van der Waals surface area contributed by atoms with E-state index < -0.39 is 5.97 Å². The molecule has 0 spiro atoms. The average Bonchev–Trinajstić information content (AvgIpc) is 2.74. The molecule has 0 radical (unpaired) electrons. The number of phenolic OH excluding ortho intramolecular Hbond substituents is 2. The van der Waals surface area contributed by atoms with Crippen molar-refractivity contribution in [2.45, 2.75) is 12.8 Å². The largest absolute Gasteiger partial charge is 0.504 e. The van der Waals surface area contributed by atoms with Crippen LogP contribution in [-0.4, -0.2) is 43.0 Å². The summed E-state index contributed by atoms with van der Waals surface area (Å²) in [7, 11) is 0. The van der Waals surface area contributed by atoms with Crippen LogP contribution in [0.25, 0.3) is 6.08 Å². The Morgan fingerprint density at radius 2 is 2.09 bits per heavy atom. The predicted molar refractivity (Wildman–Crippen MR) is 94.2 cm³/mol. The second-order valence-electron chi connectivity index (χ2n) is 4.66. The summed E-state index contributed by atoms with van der Waals surface area (Å²) in [5.74, 6) is -1.91. The summed E-state index contributed by atoms with van der Waals surface area (Å²) < 4.78 is 0.853. The highest BCUT2D eigenvalue weighted by Crippen LogP contribution is 2.39. The van der Waals surface area contributed by atoms with Crippen molar-refractivity contribution in [1.82, 2.24) is 4.90 Å². The Kier molecular flexibility index (Phi) is 5.66. The van der Waals surface area contributed by atoms with E-state index in [2.05, 4.69) is 15.9 Å². The van der Waals surface area contributed by atoms with Crippen molar-refractivity contribution >= 4 is 62.2 Å². The van der Waals surface area contributed by atoms with Gasteiger partial charge in [0.2, 0.25) is 0 Å². The first kappa shape index (κ1) is 17.8. The number of halogens is 1. The first-order valence-corrected chi connectivity index (χ1v) is 8.50. The fourth-order valence-corrected chi connectivity index (χ4v) is 3.65. The van der Waals surface area contributed by atoms with Crippen LogP contribution in [0.5, 0.6) is 11.5 Å². The van der Waals surface area contributed by atoms with Crippen LogP contribution in [0.3, 0.4) is 0 Å². The fraction of sp³-hybridized carbons (Fsp3) is 0.214. The minimum atomic E-state index is -0.931. The zero-order valence-corrected chi connectivity index (χ0v) is 14.9. The van der Waals surface area contributed by atoms with E-state index in [0.29, 0.717) is 20.1 Å². The van der Waals surface area contributed by atoms with E-state index in [0.717, 1.165) is 11.8 Å². The third-order valence-electron chi connectivity index (χ3n) is 3.06. The molecule has 0 saturated carbocycles. The van der Waals surface area contributed by atoms with Crippen LogP contribution < -0.4 is 0 Å². The van der Waals surface area contributed by atoms with E-state index in [-0.39, 0.29) is 35.9 Å². The molecule has 0 aromatic heterocycles. The molecule has 23 heavy (non-hydrogen) atoms. The van der Waals surface area contributed by atoms with Gasteiger partial charge in [-0.25, -0.2) is 0 Å². The summed E-state index contributed by atoms with van der Waals surface area (Å²) in [5.41, 5.74) is 0.274. The molecule has 1 saturated heterocycles. The number of carboxylic acid groups (broad SMARTS) is 1. The van der Waals surface area contributed by atoms with E-state index in [4.69, 9.17) is 17.3 Å². The van der Waals surface area contributed by atoms with Crippen molar-refractivity contribution in [2.75, 3.05) is 6.54 Å². The number of benzene rings is 1. The standard InChI is InChI=1S/C14H12BrNO5S2/c15-8-3-4-9(17)12(20)7(8)6-10-13(21)16(14(22)23-10)5-1-2-11(18)19/h3-4,6,17,20H,1-2,5H2,(H,18,19)/b10-6-. The Morgan fingerprint density at radius 1 is 1.39 bits per heavy atom. The number of carbonyl (C=O) groups is 2. The molecule has 1 amide bonds. The van der Waals surface area contributed by atoms with Gasteiger partial charge in [0.1, 0.15) is 4.32 Å². The maximum Gasteiger partial charge on any atom is 0.303 e. The molecular formula is C14H12BrNO5S2. The fourth-order valence-electron chi connectivity index (χ4n) is 1.92. The summed E-state index contributed by atoms with van der Waals surface area (Å²) in [5, 5.41) is 28.1. The molecule has 6 nitrogen and oxygen atoms in total. The van der Waals surface area contributed by atoms with Crippen molar-refractivity contribution in [2.24, 2.45) is 0 Å². The lowest BCUT2D eigenvalue weighted by molar-refractivity contribution is -0.137. The molecule has 0 atom stereocenters. The van der Waals surface area contributed by atoms with Gasteiger partial charge < -0.3 is 15.3 Å². The van der Waals surface area contributed by atoms with E-state index in [1.807, 2.05) is 0 Å². The number of amides is 1. The topological polar surface area (TPSA) is 98.1 Å². The van der Waals surface area contributed by atoms with Crippen LogP contribution in [0.2, 0.25) is 0 Å². The van der Waals surface area contributed by atoms with Gasteiger partial charge in [0, 0.05) is 23.0 Å². The first-order chi connectivity index (χ1) is 10.8. The number of carboxylic acids is 1. The summed E-state index contributed by atoms with van der Waals surface area (Å²) in [6, 6.07) is 2.88. The number of aromatic hydroxyl groups is 2. The highest BCUT2D eigenvalue weighted by molar-refractivity contribution is 9.10. The maximum atomic E-state index is 12.3. The molecule has 0 bridgehead atoms. The van der Waals surface area contributed by atoms with Gasteiger partial charge in [-0.1, -0.05) is 39.9 Å². The second-order valence-corrected chi connectivity index (χ2v) is 7.19. The Labute approximate surface area is 149 Å². The number of phenols is 2. The Morgan fingerprint density at radius 3 is 2.74 bits per heavy atom. The third kappa shape index (κ3) is 4.04. The van der Waals surface area contributed by atoms with Crippen molar-refractivity contribution < 1.29 is 24.9 Å². The number of thiocarbonyl (C=S) groups is 1. The lowest BCUT2D eigenvalue weighted by atomic mass is 10.1. The Hall–Kier alpha value is -1.58. The van der Waals surface area contributed by atoms with Gasteiger partial charge in [0.25, 0.3) is 5.91 Å². The molecule has 122 valence electrons. The molecule has 0 aliphatic carbocycles. The molecule has 3 N–H and O–H groups in total. The highest BCUT2D eigenvalue weighted by atomic mass is 79.9. The number of rotatable bonds is 5. The molecule has 1 aliphatic rings. The van der Waals surface area contributed by atoms with E-state index in [9.17, 15) is 19.8 Å². The molecule has 2 rings (SSSR count). The van der Waals surface area contributed by atoms with E-state index in [1.165, 1.54) is 17.0 Å². The van der Waals surface area contributed by atoms with Gasteiger partial charge >= 0.3 is 5.97 Å². The zero-order valence-electron chi connectivity index (χ0n) is 11.7. The minimum Gasteiger partial charge on any atom is -0.504 e. The molecule has 1 heterocycles. The molecule has 9 heteroatoms. The van der Waals surface area contributed by atoms with Crippen molar-refractivity contribution in [3.8, 4) is 11.5 Å². The van der Waals surface area contributed by atoms with Crippen LogP contribution in [0.15, 0.2) is 21.5 Å². The van der Waals surface area contributed by atoms with Crippen molar-refractivity contribution in [3.05, 3.63) is 27.1 Å². The number of hydrogen-bond donors (Lipinski definition) is 3. The van der Waals surface area contributed by atoms with Crippen molar-refractivity contribution in [1.29, 1.82) is 0 Å². The number of thioether (sulfide) groups is 1. The summed E-state index contributed by atoms with van der Waals surface area (Å²) in [6.07, 6.45) is 1.70. The van der Waals surface area contributed by atoms with Crippen molar-refractivity contribution in [3.63, 3.8) is 0 Å². The Balaban J connectivity index is 2.22. The molecule has 1 fully saturated rings. The van der Waals surface area contributed by atoms with Crippen LogP contribution in [0, 0.1) is 0 Å². The molecule has 1 aliphatic heterocycles. The predicted octanol–water partition coefficient (Wildman–Crippen LogP) is 2.93. The van der Waals surface area contributed by atoms with Gasteiger partial charge in [-0.2, -0.15) is 0 Å². The molecule has 0 unspecified atom stereocenters. The van der Waals surface area contributed by atoms with E-state index >= 15 is 0 Å². The normalized spacial score (nSPS) is 16.4. The average molecular weight is 418 g/mol. The van der Waals surface area contributed by atoms with Crippen LogP contribution in [0.4, 0.5) is 0 Å². The smallest absolute Gasteiger partial charge is 0.303 e. The maximum absolute atomic E-state index is 12.3. The molecular weight excluding hydrogens is 406 g/mol. The van der Waals surface area contributed by atoms with Gasteiger partial charge in [0.05, 0.1) is 4.91 Å². The summed E-state index contributed by atoms with van der Waals surface area (Å²) in [4.78, 5) is 24.5. The van der Waals surface area contributed by atoms with Gasteiger partial charge in [-0.15, -0.1) is 0 Å². The van der Waals surface area contributed by atoms with E-state index in [1.54, 1.807) is 6.07 Å². The SMILES string of the molecule is O=C(O)CCCN1C(=O)/C(=C/c2c(Br)ccc(O)c2O)SC1=S. The van der Waals surface area contributed by atoms with Crippen LogP contribution in [-0.2, 0) is 9.59 Å². The lowest BCUT2D eigenvalue weighted by Crippen LogP contribution is -2.29. The summed E-state index contributed by atoms with van der Waals surface area (Å²) in [6.45, 7) is 0.224. The zero-order chi connectivity index (χ0) is 17.1. The lowest BCUT2D eigenvalue weighted by Gasteiger charge is -2.13. The van der Waals surface area contributed by atoms with Gasteiger partial charge in [-0.05, 0) is 24.6 Å². The third-order valence-corrected chi connectivity index (χ3v) is 5.13. The monoisotopic (exact) mass is 417 g/mol. The number of aliphatic carboxylic acids is 1. The minimum absolute atomic E-state index is 0.0466. The molecule has 1 aromatic rings. The number of hydrogen-bond acceptors (Lipinski definition) is 6. The number of carbonyl (C=O) groups excluding carboxylic acids is 1.